The highest BCUT2D eigenvalue weighted by molar-refractivity contribution is 7.61. The first-order valence-corrected chi connectivity index (χ1v) is 31.6. The number of alkyl carbamates (subject to hydrolysis) is 1. The van der Waals surface area contributed by atoms with Gasteiger partial charge in [0.05, 0.1) is 19.8 Å². The molecule has 2 rings (SSSR count). The minimum absolute atomic E-state index is 0.00379. The van der Waals surface area contributed by atoms with Crippen molar-refractivity contribution in [2.75, 3.05) is 46.9 Å². The zero-order valence-electron chi connectivity index (χ0n) is 51.0. The molecule has 0 aliphatic carbocycles. The van der Waals surface area contributed by atoms with Crippen LogP contribution in [0.2, 0.25) is 0 Å². The highest BCUT2D eigenvalue weighted by Gasteiger charge is 2.39. The Morgan fingerprint density at radius 1 is 0.812 bits per heavy atom. The van der Waals surface area contributed by atoms with Gasteiger partial charge in [-0.1, -0.05) is 83.5 Å². The molecule has 85 heavy (non-hydrogen) atoms. The van der Waals surface area contributed by atoms with Gasteiger partial charge in [-0.05, 0) is 103 Å². The molecule has 480 valence electrons. The van der Waals surface area contributed by atoms with Crippen molar-refractivity contribution in [3.63, 3.8) is 0 Å². The van der Waals surface area contributed by atoms with Crippen LogP contribution < -0.4 is 26.6 Å². The van der Waals surface area contributed by atoms with Crippen molar-refractivity contribution in [3.05, 3.63) is 59.2 Å². The Kier molecular flexibility index (Phi) is 32.9. The number of phosphoric acid groups is 2. The third-order valence-corrected chi connectivity index (χ3v) is 16.6. The van der Waals surface area contributed by atoms with Gasteiger partial charge in [-0.15, -0.1) is 0 Å². The maximum atomic E-state index is 14.3. The summed E-state index contributed by atoms with van der Waals surface area (Å²) in [6, 6.07) is 3.97. The normalized spacial score (nSPS) is 25.0. The molecule has 1 aromatic carbocycles. The third kappa shape index (κ3) is 27.8. The number of allylic oxidation sites excluding steroid dienone is 1. The van der Waals surface area contributed by atoms with Crippen LogP contribution in [-0.2, 0) is 76.7 Å². The van der Waals surface area contributed by atoms with Crippen LogP contribution >= 0.6 is 15.6 Å². The second-order valence-electron chi connectivity index (χ2n) is 21.5. The Bertz CT molecular complexity index is 2550. The van der Waals surface area contributed by atoms with Crippen molar-refractivity contribution >= 4 is 69.3 Å². The monoisotopic (exact) mass is 1240 g/mol. The fraction of sp³-hybridized carbons (Fsp3) is 0.661. The second-order valence-corrected chi connectivity index (χ2v) is 24.6. The third-order valence-electron chi connectivity index (χ3n) is 14.0. The predicted octanol–water partition coefficient (Wildman–Crippen LogP) is 5.83. The van der Waals surface area contributed by atoms with Gasteiger partial charge < -0.3 is 65.5 Å². The fourth-order valence-electron chi connectivity index (χ4n) is 8.60. The lowest BCUT2D eigenvalue weighted by atomic mass is 9.90. The topological polar surface area (TPSA) is 370 Å². The number of hydrogen-bond acceptors (Lipinski definition) is 17. The molecule has 0 fully saturated rings. The number of unbranched alkanes of at least 4 members (excludes halogenated alkanes) is 4. The van der Waals surface area contributed by atoms with E-state index in [9.17, 15) is 62.1 Å². The van der Waals surface area contributed by atoms with Gasteiger partial charge in [-0.25, -0.2) is 28.3 Å². The summed E-state index contributed by atoms with van der Waals surface area (Å²) in [7, 11) is -7.27. The summed E-state index contributed by atoms with van der Waals surface area (Å²) >= 11 is 0. The number of carboxylic acid groups (broad SMARTS) is 1. The molecule has 29 heteroatoms. The summed E-state index contributed by atoms with van der Waals surface area (Å²) in [6.45, 7) is 15.3. The predicted molar refractivity (Wildman–Crippen MR) is 312 cm³/mol. The molecular formula is C56H91N7O20P2. The van der Waals surface area contributed by atoms with E-state index >= 15 is 0 Å². The van der Waals surface area contributed by atoms with E-state index in [2.05, 4.69) is 30.9 Å². The summed E-state index contributed by atoms with van der Waals surface area (Å²) in [5.41, 5.74) is 1.22. The van der Waals surface area contributed by atoms with Crippen LogP contribution in [0.25, 0.3) is 0 Å². The summed E-state index contributed by atoms with van der Waals surface area (Å²) in [6.07, 6.45) is -0.509. The summed E-state index contributed by atoms with van der Waals surface area (Å²) in [5, 5.41) is 21.4. The molecule has 1 aromatic rings. The van der Waals surface area contributed by atoms with Gasteiger partial charge in [-0.3, -0.25) is 33.0 Å². The molecule has 0 spiro atoms. The van der Waals surface area contributed by atoms with Gasteiger partial charge >= 0.3 is 39.8 Å². The van der Waals surface area contributed by atoms with Crippen molar-refractivity contribution in [1.29, 1.82) is 0 Å². The molecule has 0 saturated carbocycles. The van der Waals surface area contributed by atoms with Gasteiger partial charge in [0.25, 0.3) is 5.91 Å². The molecule has 1 aliphatic heterocycles. The summed E-state index contributed by atoms with van der Waals surface area (Å²) in [4.78, 5) is 144. The Morgan fingerprint density at radius 3 is 1.94 bits per heavy atom. The highest BCUT2D eigenvalue weighted by atomic mass is 31.3. The number of benzene rings is 1. The molecule has 0 bridgehead atoms. The molecule has 7 amide bonds. The van der Waals surface area contributed by atoms with Crippen molar-refractivity contribution in [2.24, 2.45) is 17.8 Å². The number of nitrogens with zero attached hydrogens (tertiary/aromatic N) is 2. The van der Waals surface area contributed by atoms with E-state index in [0.717, 1.165) is 4.90 Å². The lowest BCUT2D eigenvalue weighted by Crippen LogP contribution is -2.57. The van der Waals surface area contributed by atoms with E-state index in [4.69, 9.17) is 28.4 Å². The zero-order chi connectivity index (χ0) is 64.2. The van der Waals surface area contributed by atoms with E-state index in [1.54, 1.807) is 84.9 Å². The van der Waals surface area contributed by atoms with Gasteiger partial charge in [0.2, 0.25) is 23.6 Å². The number of rotatable bonds is 24. The van der Waals surface area contributed by atoms with Crippen LogP contribution in [0.5, 0.6) is 0 Å². The molecule has 11 atom stereocenters. The number of cyclic esters (lactones) is 2. The lowest BCUT2D eigenvalue weighted by molar-refractivity contribution is -0.155. The van der Waals surface area contributed by atoms with Crippen LogP contribution in [-0.4, -0.2) is 168 Å². The van der Waals surface area contributed by atoms with E-state index in [1.165, 1.54) is 45.8 Å². The molecule has 0 aromatic heterocycles. The molecule has 27 nitrogen and oxygen atoms in total. The molecule has 0 radical (unpaired) electrons. The number of hydrogen-bond donors (Lipinski definition) is 8. The van der Waals surface area contributed by atoms with Crippen LogP contribution in [0, 0.1) is 17.8 Å². The van der Waals surface area contributed by atoms with Crippen LogP contribution in [0.4, 0.5) is 9.59 Å². The van der Waals surface area contributed by atoms with Crippen LogP contribution in [0.15, 0.2) is 53.6 Å². The Labute approximate surface area is 498 Å². The SMILES string of the molecule is C/C=C(\C)[C@H]1OC(=O)[C@@H](C)NC(=O)[C@H](C(C)CC)NC(=O)CN(C)C(=O)[C@@H](Cc2ccccc2)N(C)C(=O)[C@H](C)NC(=O)[C@@H](CC(C)C)OC(=O)/C(C)=C/C[C@H](OC(=O)NCCCCCOP(=O)(O)OP(=O)(O)OCCCCCNC(=O)O)[C@@H]1C. The largest absolute Gasteiger partial charge is 0.481 e. The van der Waals surface area contributed by atoms with E-state index in [0.29, 0.717) is 36.8 Å². The smallest absolute Gasteiger partial charge is 0.465 e. The first-order chi connectivity index (χ1) is 39.8. The quantitative estimate of drug-likeness (QED) is 0.0198. The van der Waals surface area contributed by atoms with E-state index < -0.39 is 130 Å². The number of esters is 2. The summed E-state index contributed by atoms with van der Waals surface area (Å²) in [5.74, 6) is -6.81. The second kappa shape index (κ2) is 37.4. The van der Waals surface area contributed by atoms with Crippen molar-refractivity contribution < 1.29 is 94.7 Å². The van der Waals surface area contributed by atoms with Gasteiger partial charge in [0, 0.05) is 51.5 Å². The zero-order valence-corrected chi connectivity index (χ0v) is 52.8. The van der Waals surface area contributed by atoms with Crippen LogP contribution in [0.1, 0.15) is 133 Å². The number of ether oxygens (including phenoxy) is 3. The maximum Gasteiger partial charge on any atom is 0.481 e. The average Bonchev–Trinajstić information content (AvgIpc) is 3.61. The first-order valence-electron chi connectivity index (χ1n) is 28.6. The number of likely N-dealkylation sites (N-methyl/N-ethyl adjacent to an activating group) is 2. The van der Waals surface area contributed by atoms with E-state index in [-0.39, 0.29) is 76.3 Å². The minimum atomic E-state index is -5.05. The number of carbonyl (C=O) groups excluding carboxylic acids is 8. The molecule has 1 aliphatic rings. The Balaban J connectivity index is 2.45. The maximum absolute atomic E-state index is 14.3. The molecule has 1 heterocycles. The first kappa shape index (κ1) is 74.9. The number of nitrogens with one attached hydrogen (secondary N) is 5. The van der Waals surface area contributed by atoms with Crippen LogP contribution in [0.3, 0.4) is 0 Å². The van der Waals surface area contributed by atoms with Crippen molar-refractivity contribution in [1.82, 2.24) is 36.4 Å². The number of carbonyl (C=O) groups is 9. The molecular weight excluding hydrogens is 1150 g/mol. The number of phosphoric ester groups is 2. The van der Waals surface area contributed by atoms with Crippen molar-refractivity contribution in [3.8, 4) is 0 Å². The van der Waals surface area contributed by atoms with E-state index in [1.807, 2.05) is 0 Å². The van der Waals surface area contributed by atoms with Gasteiger partial charge in [0.15, 0.2) is 6.10 Å². The Hall–Kier alpha value is -6.21. The molecule has 8 N–H and O–H groups in total. The van der Waals surface area contributed by atoms with Crippen molar-refractivity contribution in [2.45, 2.75) is 176 Å². The molecule has 0 saturated heterocycles. The standard InChI is InChI=1S/C56H91N7O20P2/c1-13-36(5)47-50(66)60-41(10)54(70)82-48(37(6)14-2)39(8)44(81-56(73)58-29-21-17-23-31-79-85(76,77)83-84(74,75)78-30-22-16-20-28-57-55(71)72)27-26-38(7)53(69)80-45(32-35(3)4)49(65)59-40(9)51(67)63(12)43(33-42-24-18-15-19-25-42)52(68)62(11)34-46(64)61-47/h14-15,18-19,24-26,35-36,39-41,43-45,47-48,57H,13,16-17,20-23,27-34H2,1-12H3,(H,58,73)(H,59,65)(H,60,66)(H,61,64)(H,71,72)(H,74,75)(H,76,77)/b37-14+,38-26+/t36?,39-,40-,41+,43+,44-,45+,47-,48+/m0/s1. The average molecular weight is 1240 g/mol. The lowest BCUT2D eigenvalue weighted by Gasteiger charge is -2.33. The molecule has 3 unspecified atom stereocenters. The Morgan fingerprint density at radius 2 is 1.39 bits per heavy atom. The highest BCUT2D eigenvalue weighted by Crippen LogP contribution is 2.60. The number of amides is 7. The fourth-order valence-corrected chi connectivity index (χ4v) is 10.7. The van der Waals surface area contributed by atoms with Gasteiger partial charge in [0.1, 0.15) is 36.4 Å². The minimum Gasteiger partial charge on any atom is -0.465 e. The summed E-state index contributed by atoms with van der Waals surface area (Å²) < 4.78 is 56.3. The van der Waals surface area contributed by atoms with Gasteiger partial charge in [-0.2, -0.15) is 4.31 Å².